The Labute approximate surface area is 211 Å². The van der Waals surface area contributed by atoms with E-state index in [1.165, 1.54) is 20.3 Å². The lowest BCUT2D eigenvalue weighted by Gasteiger charge is -2.46. The van der Waals surface area contributed by atoms with Crippen LogP contribution in [0.3, 0.4) is 0 Å². The summed E-state index contributed by atoms with van der Waals surface area (Å²) in [7, 11) is -3.48. The average molecular weight is 574 g/mol. The van der Waals surface area contributed by atoms with Crippen LogP contribution in [0.1, 0.15) is 15.9 Å². The van der Waals surface area contributed by atoms with Gasteiger partial charge in [0.1, 0.15) is 22.9 Å². The summed E-state index contributed by atoms with van der Waals surface area (Å²) in [5.41, 5.74) is -2.21. The molecule has 0 radical (unpaired) electrons. The number of hydrogen-bond donors (Lipinski definition) is 3. The molecule has 2 atom stereocenters. The van der Waals surface area contributed by atoms with Gasteiger partial charge in [-0.25, -0.2) is 14.2 Å². The van der Waals surface area contributed by atoms with E-state index in [4.69, 9.17) is 18.9 Å². The number of ether oxygens (including phenoxy) is 1. The maximum Gasteiger partial charge on any atom is 0.421 e. The van der Waals surface area contributed by atoms with Gasteiger partial charge in [-0.05, 0) is 12.1 Å². The van der Waals surface area contributed by atoms with Crippen LogP contribution in [0, 0.1) is 5.82 Å². The summed E-state index contributed by atoms with van der Waals surface area (Å²) in [5, 5.41) is 14.5. The monoisotopic (exact) mass is 574 g/mol. The van der Waals surface area contributed by atoms with Crippen molar-refractivity contribution in [3.8, 4) is 5.75 Å². The highest BCUT2D eigenvalue weighted by atomic mass is 31.2. The molecule has 0 spiro atoms. The second-order valence-electron chi connectivity index (χ2n) is 8.00. The highest BCUT2D eigenvalue weighted by Crippen LogP contribution is 2.65. The molecule has 200 valence electrons. The number of nitrogens with zero attached hydrogens (tertiary/aromatic N) is 2. The predicted octanol–water partition coefficient (Wildman–Crippen LogP) is 3.21. The molecule has 1 aromatic heterocycles. The van der Waals surface area contributed by atoms with Gasteiger partial charge < -0.3 is 29.5 Å². The minimum Gasteiger partial charge on any atom is -0.495 e. The topological polar surface area (TPSA) is 149 Å². The number of alkyl halides is 3. The van der Waals surface area contributed by atoms with Crippen LogP contribution in [0.15, 0.2) is 24.4 Å². The van der Waals surface area contributed by atoms with E-state index in [-0.39, 0.29) is 38.3 Å². The summed E-state index contributed by atoms with van der Waals surface area (Å²) in [6.45, 7) is 0. The van der Waals surface area contributed by atoms with E-state index in [2.05, 4.69) is 20.6 Å². The number of rotatable bonds is 8. The van der Waals surface area contributed by atoms with Crippen molar-refractivity contribution < 1.29 is 50.4 Å². The maximum atomic E-state index is 14.2. The van der Waals surface area contributed by atoms with Gasteiger partial charge in [0, 0.05) is 26.5 Å². The van der Waals surface area contributed by atoms with Crippen LogP contribution in [0.5, 0.6) is 5.75 Å². The number of anilines is 4. The molecule has 11 nitrogen and oxygen atoms in total. The Morgan fingerprint density at radius 1 is 0.974 bits per heavy atom. The van der Waals surface area contributed by atoms with Crippen LogP contribution in [0.25, 0.3) is 0 Å². The highest BCUT2D eigenvalue weighted by molar-refractivity contribution is 7.93. The smallest absolute Gasteiger partial charge is 0.421 e. The van der Waals surface area contributed by atoms with Crippen LogP contribution in [-0.2, 0) is 24.4 Å². The molecule has 0 aliphatic carbocycles. The second-order valence-corrected chi connectivity index (χ2v) is 12.8. The summed E-state index contributed by atoms with van der Waals surface area (Å²) in [6.07, 6.45) is -4.45. The van der Waals surface area contributed by atoms with Gasteiger partial charge in [0.05, 0.1) is 45.3 Å². The predicted molar refractivity (Wildman–Crippen MR) is 128 cm³/mol. The summed E-state index contributed by atoms with van der Waals surface area (Å²) in [4.78, 5) is 18.7. The number of carboxylic acid groups (broad SMARTS) is 1. The Kier molecular flexibility index (Phi) is 5.84. The van der Waals surface area contributed by atoms with Crippen molar-refractivity contribution in [1.29, 1.82) is 0 Å². The van der Waals surface area contributed by atoms with E-state index in [9.17, 15) is 31.5 Å². The van der Waals surface area contributed by atoms with Crippen molar-refractivity contribution >= 4 is 65.1 Å². The molecule has 17 heteroatoms. The van der Waals surface area contributed by atoms with Crippen molar-refractivity contribution in [2.45, 2.75) is 6.18 Å². The van der Waals surface area contributed by atoms with Gasteiger partial charge in [0.25, 0.3) is 14.7 Å². The fourth-order valence-corrected chi connectivity index (χ4v) is 10.6. The number of methoxy groups -OCH3 is 1. The van der Waals surface area contributed by atoms with Gasteiger partial charge in [0.15, 0.2) is 0 Å². The highest BCUT2D eigenvalue weighted by Gasteiger charge is 2.64. The Hall–Kier alpha value is -3.51. The Balaban J connectivity index is 1.57. The fraction of sp³-hybridized carbons (Fsp3) is 0.190. The molecule has 4 bridgehead atoms. The van der Waals surface area contributed by atoms with Crippen LogP contribution in [0.4, 0.5) is 40.7 Å². The number of aromatic nitrogens is 2. The molecule has 7 rings (SSSR count). The van der Waals surface area contributed by atoms with E-state index in [1.807, 2.05) is 0 Å². The molecule has 3 aromatic rings. The first-order chi connectivity index (χ1) is 17.8. The number of carboxylic acids is 1. The third-order valence-electron chi connectivity index (χ3n) is 6.06. The van der Waals surface area contributed by atoms with Gasteiger partial charge >= 0.3 is 12.1 Å². The summed E-state index contributed by atoms with van der Waals surface area (Å²) in [5.74, 6) is -4.04. The Morgan fingerprint density at radius 2 is 1.66 bits per heavy atom. The zero-order valence-electron chi connectivity index (χ0n) is 19.5. The van der Waals surface area contributed by atoms with Gasteiger partial charge in [-0.1, -0.05) is 0 Å². The van der Waals surface area contributed by atoms with Crippen LogP contribution in [0.2, 0.25) is 0 Å². The summed E-state index contributed by atoms with van der Waals surface area (Å²) < 4.78 is 97.1. The first kappa shape index (κ1) is 26.1. The number of aromatic carboxylic acids is 1. The van der Waals surface area contributed by atoms with Gasteiger partial charge in [-0.3, -0.25) is 9.13 Å². The number of carbonyl (C=O) groups is 1. The number of benzene rings is 2. The summed E-state index contributed by atoms with van der Waals surface area (Å²) >= 11 is 0. The number of nitrogens with one attached hydrogen (secondary N) is 2. The fourth-order valence-electron chi connectivity index (χ4n) is 4.30. The third-order valence-corrected chi connectivity index (χ3v) is 11.7. The zero-order chi connectivity index (χ0) is 27.8. The van der Waals surface area contributed by atoms with Gasteiger partial charge in [-0.2, -0.15) is 18.2 Å². The number of hydrogen-bond acceptors (Lipinski definition) is 10. The van der Waals surface area contributed by atoms with Crippen molar-refractivity contribution in [3.63, 3.8) is 0 Å². The van der Waals surface area contributed by atoms with Crippen molar-refractivity contribution in [2.75, 3.05) is 32.0 Å². The van der Waals surface area contributed by atoms with Gasteiger partial charge in [-0.15, -0.1) is 0 Å². The SMILES string of the molecule is COc1cc(C(=O)O)c(F)cc1Nc1ncc(C(F)(F)F)c(Nc2cc3c4c(c2P4(=O)OC)P3(=O)OC)n1. The van der Waals surface area contributed by atoms with Gasteiger partial charge in [0.2, 0.25) is 5.95 Å². The van der Waals surface area contributed by atoms with Crippen molar-refractivity contribution in [3.05, 3.63) is 41.3 Å². The first-order valence-electron chi connectivity index (χ1n) is 10.4. The molecule has 2 unspecified atom stereocenters. The van der Waals surface area contributed by atoms with Crippen molar-refractivity contribution in [2.24, 2.45) is 0 Å². The minimum absolute atomic E-state index is 0.0515. The zero-order valence-corrected chi connectivity index (χ0v) is 21.3. The third kappa shape index (κ3) is 3.53. The molecule has 5 heterocycles. The van der Waals surface area contributed by atoms with E-state index in [0.29, 0.717) is 6.20 Å². The molecule has 0 fully saturated rings. The maximum absolute atomic E-state index is 14.2. The summed E-state index contributed by atoms with van der Waals surface area (Å²) in [6, 6.07) is 2.92. The van der Waals surface area contributed by atoms with Crippen molar-refractivity contribution in [1.82, 2.24) is 9.97 Å². The Morgan fingerprint density at radius 3 is 2.21 bits per heavy atom. The van der Waals surface area contributed by atoms with E-state index < -0.39 is 55.6 Å². The lowest BCUT2D eigenvalue weighted by molar-refractivity contribution is -0.137. The molecule has 4 aliphatic heterocycles. The molecular formula is C21H16F4N4O7P2. The van der Waals surface area contributed by atoms with Crippen LogP contribution in [-0.4, -0.2) is 42.4 Å². The lowest BCUT2D eigenvalue weighted by Crippen LogP contribution is -2.66. The van der Waals surface area contributed by atoms with Crippen LogP contribution < -0.4 is 36.6 Å². The van der Waals surface area contributed by atoms with Crippen LogP contribution >= 0.6 is 14.7 Å². The van der Waals surface area contributed by atoms with E-state index >= 15 is 0 Å². The average Bonchev–Trinajstić information content (AvgIpc) is 2.86. The Bertz CT molecular complexity index is 1630. The van der Waals surface area contributed by atoms with E-state index in [1.54, 1.807) is 0 Å². The molecule has 38 heavy (non-hydrogen) atoms. The molecule has 0 saturated carbocycles. The number of halogens is 4. The normalized spacial score (nSPS) is 20.8. The van der Waals surface area contributed by atoms with E-state index in [0.717, 1.165) is 19.2 Å². The standard InChI is InChI=1S/C21H16F4N4O7P2/c1-34-13-4-8(19(30)31)10(22)5-11(13)28-20-26-7-9(21(23,24)25)18(29-20)27-12-6-14-16-17(37(14,32)35-2)15(12)38(16,33)36-3/h4-7H,1-3H3,(H,30,31)(H2,26,27,28,29). The largest absolute Gasteiger partial charge is 0.495 e. The lowest BCUT2D eigenvalue weighted by atomic mass is 10.1. The molecule has 3 N–H and O–H groups in total. The molecule has 0 saturated heterocycles. The molecule has 4 aliphatic rings. The molecular weight excluding hydrogens is 558 g/mol. The second kappa shape index (κ2) is 8.50. The quantitative estimate of drug-likeness (QED) is 0.269. The minimum atomic E-state index is -4.92. The first-order valence-corrected chi connectivity index (χ1v) is 13.7. The molecule has 0 amide bonds. The molecule has 2 aromatic carbocycles.